The van der Waals surface area contributed by atoms with Crippen molar-refractivity contribution in [1.82, 2.24) is 0 Å². The standard InChI is InChI=1S/C15H16BrFO/c16-12-9-6-10-13(17)14(12)15(18)11-7-4-2-1-3-5-8-11/h6-7,9-10H,1-5,8H2/b11-7+. The third-order valence-corrected chi connectivity index (χ3v) is 3.93. The van der Waals surface area contributed by atoms with E-state index in [2.05, 4.69) is 15.9 Å². The van der Waals surface area contributed by atoms with Gasteiger partial charge in [-0.15, -0.1) is 0 Å². The molecule has 0 fully saturated rings. The lowest BCUT2D eigenvalue weighted by molar-refractivity contribution is 0.102. The Hall–Kier alpha value is -0.960. The van der Waals surface area contributed by atoms with Crippen LogP contribution in [0.2, 0.25) is 0 Å². The summed E-state index contributed by atoms with van der Waals surface area (Å²) in [5, 5.41) is 0. The zero-order chi connectivity index (χ0) is 13.0. The van der Waals surface area contributed by atoms with Crippen LogP contribution >= 0.6 is 15.9 Å². The SMILES string of the molecule is O=C(/C1=C/CCCCCC1)c1c(F)cccc1Br. The van der Waals surface area contributed by atoms with E-state index in [9.17, 15) is 9.18 Å². The lowest BCUT2D eigenvalue weighted by atomic mass is 9.94. The fraction of sp³-hybridized carbons (Fsp3) is 0.400. The maximum atomic E-state index is 13.8. The average molecular weight is 311 g/mol. The number of carbonyl (C=O) groups excluding carboxylic acids is 1. The number of rotatable bonds is 2. The summed E-state index contributed by atoms with van der Waals surface area (Å²) in [4.78, 5) is 12.4. The highest BCUT2D eigenvalue weighted by Gasteiger charge is 2.19. The minimum absolute atomic E-state index is 0.165. The smallest absolute Gasteiger partial charge is 0.192 e. The minimum atomic E-state index is -0.447. The molecule has 3 heteroatoms. The first-order valence-corrected chi connectivity index (χ1v) is 7.17. The molecule has 0 radical (unpaired) electrons. The lowest BCUT2D eigenvalue weighted by Gasteiger charge is -2.12. The number of benzene rings is 1. The van der Waals surface area contributed by atoms with Gasteiger partial charge in [0.25, 0.3) is 0 Å². The van der Waals surface area contributed by atoms with Crippen molar-refractivity contribution in [3.8, 4) is 0 Å². The van der Waals surface area contributed by atoms with Crippen molar-refractivity contribution < 1.29 is 9.18 Å². The summed E-state index contributed by atoms with van der Waals surface area (Å²) in [7, 11) is 0. The first-order valence-electron chi connectivity index (χ1n) is 6.38. The maximum absolute atomic E-state index is 13.8. The van der Waals surface area contributed by atoms with E-state index in [4.69, 9.17) is 0 Å². The van der Waals surface area contributed by atoms with E-state index in [0.717, 1.165) is 37.7 Å². The Bertz CT molecular complexity index is 459. The molecular formula is C15H16BrFO. The summed E-state index contributed by atoms with van der Waals surface area (Å²) in [5.41, 5.74) is 0.935. The number of Topliss-reactive ketones (excluding diaryl/α,β-unsaturated/α-hetero) is 1. The first-order chi connectivity index (χ1) is 8.70. The van der Waals surface area contributed by atoms with Gasteiger partial charge in [-0.25, -0.2) is 4.39 Å². The zero-order valence-electron chi connectivity index (χ0n) is 10.2. The van der Waals surface area contributed by atoms with Gasteiger partial charge in [-0.1, -0.05) is 25.0 Å². The molecule has 0 aromatic heterocycles. The van der Waals surface area contributed by atoms with Crippen LogP contribution in [-0.2, 0) is 0 Å². The molecule has 0 atom stereocenters. The number of ketones is 1. The molecule has 0 aliphatic heterocycles. The molecular weight excluding hydrogens is 295 g/mol. The van der Waals surface area contributed by atoms with Crippen LogP contribution in [0, 0.1) is 5.82 Å². The Morgan fingerprint density at radius 3 is 2.72 bits per heavy atom. The molecule has 1 aromatic rings. The molecule has 0 heterocycles. The van der Waals surface area contributed by atoms with Gasteiger partial charge in [0.15, 0.2) is 5.78 Å². The Labute approximate surface area is 115 Å². The monoisotopic (exact) mass is 310 g/mol. The molecule has 0 unspecified atom stereocenters. The Morgan fingerprint density at radius 1 is 1.17 bits per heavy atom. The zero-order valence-corrected chi connectivity index (χ0v) is 11.8. The van der Waals surface area contributed by atoms with E-state index >= 15 is 0 Å². The maximum Gasteiger partial charge on any atom is 0.192 e. The lowest BCUT2D eigenvalue weighted by Crippen LogP contribution is -2.08. The quantitative estimate of drug-likeness (QED) is 0.698. The highest BCUT2D eigenvalue weighted by molar-refractivity contribution is 9.10. The van der Waals surface area contributed by atoms with Crippen LogP contribution in [0.1, 0.15) is 48.9 Å². The van der Waals surface area contributed by atoms with Crippen molar-refractivity contribution in [3.05, 3.63) is 45.7 Å². The second kappa shape index (κ2) is 6.28. The van der Waals surface area contributed by atoms with E-state index in [-0.39, 0.29) is 11.3 Å². The largest absolute Gasteiger partial charge is 0.289 e. The molecule has 0 amide bonds. The number of halogens is 2. The molecule has 0 spiro atoms. The van der Waals surface area contributed by atoms with E-state index < -0.39 is 5.82 Å². The highest BCUT2D eigenvalue weighted by atomic mass is 79.9. The van der Waals surface area contributed by atoms with Crippen LogP contribution in [0.25, 0.3) is 0 Å². The summed E-state index contributed by atoms with van der Waals surface area (Å²) in [5.74, 6) is -0.612. The van der Waals surface area contributed by atoms with Crippen molar-refractivity contribution in [2.24, 2.45) is 0 Å². The van der Waals surface area contributed by atoms with E-state index in [1.165, 1.54) is 12.5 Å². The fourth-order valence-corrected chi connectivity index (χ4v) is 2.80. The van der Waals surface area contributed by atoms with Crippen LogP contribution in [0.5, 0.6) is 0 Å². The molecule has 18 heavy (non-hydrogen) atoms. The summed E-state index contributed by atoms with van der Waals surface area (Å²) >= 11 is 3.26. The summed E-state index contributed by atoms with van der Waals surface area (Å²) < 4.78 is 14.3. The third kappa shape index (κ3) is 3.08. The number of hydrogen-bond acceptors (Lipinski definition) is 1. The Balaban J connectivity index is 2.29. The Kier molecular flexibility index (Phi) is 4.70. The van der Waals surface area contributed by atoms with Gasteiger partial charge in [0.05, 0.1) is 5.56 Å². The van der Waals surface area contributed by atoms with Gasteiger partial charge in [-0.05, 0) is 59.3 Å². The Morgan fingerprint density at radius 2 is 1.94 bits per heavy atom. The first kappa shape index (κ1) is 13.5. The minimum Gasteiger partial charge on any atom is -0.289 e. The molecule has 2 rings (SSSR count). The van der Waals surface area contributed by atoms with Gasteiger partial charge < -0.3 is 0 Å². The van der Waals surface area contributed by atoms with Gasteiger partial charge in [0.2, 0.25) is 0 Å². The number of allylic oxidation sites excluding steroid dienone is 2. The summed E-state index contributed by atoms with van der Waals surface area (Å²) in [6.07, 6.45) is 8.19. The fourth-order valence-electron chi connectivity index (χ4n) is 2.27. The normalized spacial score (nSPS) is 19.6. The average Bonchev–Trinajstić information content (AvgIpc) is 2.27. The van der Waals surface area contributed by atoms with Crippen molar-refractivity contribution in [2.45, 2.75) is 38.5 Å². The molecule has 1 aliphatic rings. The van der Waals surface area contributed by atoms with Crippen molar-refractivity contribution in [1.29, 1.82) is 0 Å². The van der Waals surface area contributed by atoms with Gasteiger partial charge in [-0.3, -0.25) is 4.79 Å². The number of hydrogen-bond donors (Lipinski definition) is 0. The van der Waals surface area contributed by atoms with Crippen molar-refractivity contribution >= 4 is 21.7 Å². The second-order valence-corrected chi connectivity index (χ2v) is 5.46. The van der Waals surface area contributed by atoms with Gasteiger partial charge in [-0.2, -0.15) is 0 Å². The molecule has 1 nitrogen and oxygen atoms in total. The van der Waals surface area contributed by atoms with Crippen LogP contribution in [-0.4, -0.2) is 5.78 Å². The van der Waals surface area contributed by atoms with Gasteiger partial charge >= 0.3 is 0 Å². The van der Waals surface area contributed by atoms with Crippen molar-refractivity contribution in [3.63, 3.8) is 0 Å². The predicted octanol–water partition coefficient (Wildman–Crippen LogP) is 5.05. The summed E-state index contributed by atoms with van der Waals surface area (Å²) in [6.45, 7) is 0. The van der Waals surface area contributed by atoms with E-state index in [1.54, 1.807) is 12.1 Å². The third-order valence-electron chi connectivity index (χ3n) is 3.27. The number of carbonyl (C=O) groups is 1. The molecule has 0 bridgehead atoms. The van der Waals surface area contributed by atoms with Crippen molar-refractivity contribution in [2.75, 3.05) is 0 Å². The van der Waals surface area contributed by atoms with Gasteiger partial charge in [0, 0.05) is 4.47 Å². The van der Waals surface area contributed by atoms with Crippen LogP contribution in [0.3, 0.4) is 0 Å². The molecule has 0 saturated heterocycles. The molecule has 0 saturated carbocycles. The van der Waals surface area contributed by atoms with Crippen LogP contribution in [0.15, 0.2) is 34.3 Å². The topological polar surface area (TPSA) is 17.1 Å². The molecule has 1 aromatic carbocycles. The van der Waals surface area contributed by atoms with Crippen LogP contribution in [0.4, 0.5) is 4.39 Å². The highest BCUT2D eigenvalue weighted by Crippen LogP contribution is 2.26. The van der Waals surface area contributed by atoms with E-state index in [0.29, 0.717) is 4.47 Å². The molecule has 1 aliphatic carbocycles. The predicted molar refractivity (Wildman–Crippen MR) is 74.2 cm³/mol. The molecule has 96 valence electrons. The van der Waals surface area contributed by atoms with Crippen LogP contribution < -0.4 is 0 Å². The van der Waals surface area contributed by atoms with E-state index in [1.807, 2.05) is 6.08 Å². The summed E-state index contributed by atoms with van der Waals surface area (Å²) in [6, 6.07) is 4.64. The van der Waals surface area contributed by atoms with Gasteiger partial charge in [0.1, 0.15) is 5.82 Å². The second-order valence-electron chi connectivity index (χ2n) is 4.61. The molecule has 0 N–H and O–H groups in total.